The first-order valence-electron chi connectivity index (χ1n) is 7.71. The van der Waals surface area contributed by atoms with E-state index in [-0.39, 0.29) is 11.8 Å². The van der Waals surface area contributed by atoms with Gasteiger partial charge in [0.2, 0.25) is 0 Å². The van der Waals surface area contributed by atoms with Gasteiger partial charge in [0.25, 0.3) is 11.8 Å². The van der Waals surface area contributed by atoms with Crippen LogP contribution in [0.25, 0.3) is 0 Å². The fraction of sp³-hybridized carbons (Fsp3) is 0.294. The van der Waals surface area contributed by atoms with Crippen LogP contribution in [0.1, 0.15) is 22.2 Å². The third kappa shape index (κ3) is 5.74. The number of thiophene rings is 1. The van der Waals surface area contributed by atoms with Crippen LogP contribution in [0.3, 0.4) is 0 Å². The van der Waals surface area contributed by atoms with Gasteiger partial charge >= 0.3 is 0 Å². The smallest absolute Gasteiger partial charge is 0.279 e. The molecule has 0 aliphatic heterocycles. The standard InChI is InChI=1S/C17H20BrN3O2S/c1-3-19-17(23)12-5-4-6-13(9-12)20-16(22)11-21(2)10-14-7-8-15(18)24-14/h4-9H,3,10-11H2,1-2H3,(H,19,23)(H,20,22)/p+1. The second-order valence-electron chi connectivity index (χ2n) is 5.50. The van der Waals surface area contributed by atoms with E-state index < -0.39 is 0 Å². The predicted octanol–water partition coefficient (Wildman–Crippen LogP) is 1.91. The monoisotopic (exact) mass is 410 g/mol. The van der Waals surface area contributed by atoms with E-state index in [1.165, 1.54) is 4.88 Å². The predicted molar refractivity (Wildman–Crippen MR) is 101 cm³/mol. The highest BCUT2D eigenvalue weighted by atomic mass is 79.9. The van der Waals surface area contributed by atoms with Crippen molar-refractivity contribution in [2.75, 3.05) is 25.5 Å². The van der Waals surface area contributed by atoms with Gasteiger partial charge in [-0.05, 0) is 53.2 Å². The molecule has 0 spiro atoms. The first kappa shape index (κ1) is 18.6. The number of nitrogens with one attached hydrogen (secondary N) is 3. The lowest BCUT2D eigenvalue weighted by Crippen LogP contribution is -3.08. The highest BCUT2D eigenvalue weighted by molar-refractivity contribution is 9.11. The lowest BCUT2D eigenvalue weighted by atomic mass is 10.2. The number of halogens is 1. The Hall–Kier alpha value is -1.70. The molecule has 2 aromatic rings. The van der Waals surface area contributed by atoms with Crippen molar-refractivity contribution >= 4 is 44.8 Å². The van der Waals surface area contributed by atoms with Crippen molar-refractivity contribution in [3.05, 3.63) is 50.6 Å². The molecule has 0 aliphatic rings. The first-order chi connectivity index (χ1) is 11.5. The molecular formula is C17H21BrN3O2S+. The Labute approximate surface area is 154 Å². The van der Waals surface area contributed by atoms with Crippen molar-refractivity contribution in [1.82, 2.24) is 5.32 Å². The summed E-state index contributed by atoms with van der Waals surface area (Å²) in [4.78, 5) is 26.3. The normalized spacial score (nSPS) is 11.8. The molecule has 0 saturated carbocycles. The minimum Gasteiger partial charge on any atom is -0.352 e. The Morgan fingerprint density at radius 2 is 2.04 bits per heavy atom. The van der Waals surface area contributed by atoms with Gasteiger partial charge in [0, 0.05) is 17.8 Å². The molecule has 1 aromatic carbocycles. The van der Waals surface area contributed by atoms with Crippen LogP contribution in [0.2, 0.25) is 0 Å². The average molecular weight is 411 g/mol. The summed E-state index contributed by atoms with van der Waals surface area (Å²) < 4.78 is 1.09. The van der Waals surface area contributed by atoms with Gasteiger partial charge in [-0.2, -0.15) is 0 Å². The van der Waals surface area contributed by atoms with Gasteiger partial charge in [-0.1, -0.05) is 6.07 Å². The van der Waals surface area contributed by atoms with Gasteiger partial charge in [0.05, 0.1) is 15.7 Å². The van der Waals surface area contributed by atoms with Crippen molar-refractivity contribution in [2.45, 2.75) is 13.5 Å². The summed E-state index contributed by atoms with van der Waals surface area (Å²) in [5.41, 5.74) is 1.18. The van der Waals surface area contributed by atoms with E-state index in [2.05, 4.69) is 32.6 Å². The molecule has 7 heteroatoms. The van der Waals surface area contributed by atoms with Crippen molar-refractivity contribution in [2.24, 2.45) is 0 Å². The number of benzene rings is 1. The molecule has 2 amide bonds. The maximum Gasteiger partial charge on any atom is 0.279 e. The highest BCUT2D eigenvalue weighted by Crippen LogP contribution is 2.21. The van der Waals surface area contributed by atoms with Crippen LogP contribution in [0.15, 0.2) is 40.2 Å². The van der Waals surface area contributed by atoms with E-state index in [4.69, 9.17) is 0 Å². The van der Waals surface area contributed by atoms with Gasteiger partial charge in [0.1, 0.15) is 6.54 Å². The third-order valence-electron chi connectivity index (χ3n) is 3.31. The SMILES string of the molecule is CCNC(=O)c1cccc(NC(=O)C[NH+](C)Cc2ccc(Br)s2)c1. The molecule has 0 aliphatic carbocycles. The van der Waals surface area contributed by atoms with E-state index in [9.17, 15) is 9.59 Å². The summed E-state index contributed by atoms with van der Waals surface area (Å²) in [6.07, 6.45) is 0. The van der Waals surface area contributed by atoms with Gasteiger partial charge in [-0.3, -0.25) is 9.59 Å². The molecule has 0 saturated heterocycles. The average Bonchev–Trinajstić information content (AvgIpc) is 2.92. The van der Waals surface area contributed by atoms with Gasteiger partial charge in [-0.25, -0.2) is 0 Å². The molecule has 5 nitrogen and oxygen atoms in total. The maximum atomic E-state index is 12.2. The van der Waals surface area contributed by atoms with Crippen molar-refractivity contribution in [3.8, 4) is 0 Å². The minimum absolute atomic E-state index is 0.0730. The number of carbonyl (C=O) groups is 2. The number of hydrogen-bond donors (Lipinski definition) is 3. The third-order valence-corrected chi connectivity index (χ3v) is 4.94. The summed E-state index contributed by atoms with van der Waals surface area (Å²) in [6, 6.07) is 11.0. The molecular weight excluding hydrogens is 390 g/mol. The quantitative estimate of drug-likeness (QED) is 0.652. The molecule has 128 valence electrons. The second kappa shape index (κ2) is 8.96. The fourth-order valence-corrected chi connectivity index (χ4v) is 3.88. The van der Waals surface area contributed by atoms with Gasteiger partial charge in [-0.15, -0.1) is 11.3 Å². The molecule has 2 rings (SSSR count). The summed E-state index contributed by atoms with van der Waals surface area (Å²) in [5, 5.41) is 5.60. The Morgan fingerprint density at radius 3 is 2.71 bits per heavy atom. The summed E-state index contributed by atoms with van der Waals surface area (Å²) in [6.45, 7) is 3.60. The van der Waals surface area contributed by atoms with Crippen LogP contribution in [-0.2, 0) is 11.3 Å². The maximum absolute atomic E-state index is 12.2. The van der Waals surface area contributed by atoms with Crippen LogP contribution in [0.4, 0.5) is 5.69 Å². The Morgan fingerprint density at radius 1 is 1.25 bits per heavy atom. The summed E-state index contributed by atoms with van der Waals surface area (Å²) in [5.74, 6) is -0.212. The molecule has 3 N–H and O–H groups in total. The number of rotatable bonds is 7. The largest absolute Gasteiger partial charge is 0.352 e. The van der Waals surface area contributed by atoms with Crippen LogP contribution in [0.5, 0.6) is 0 Å². The number of likely N-dealkylation sites (N-methyl/N-ethyl adjacent to an activating group) is 1. The number of anilines is 1. The van der Waals surface area contributed by atoms with Crippen molar-refractivity contribution < 1.29 is 14.5 Å². The molecule has 0 radical (unpaired) electrons. The zero-order valence-corrected chi connectivity index (χ0v) is 16.1. The zero-order chi connectivity index (χ0) is 17.5. The summed E-state index contributed by atoms with van der Waals surface area (Å²) in [7, 11) is 1.98. The Bertz CT molecular complexity index is 717. The lowest BCUT2D eigenvalue weighted by molar-refractivity contribution is -0.884. The van der Waals surface area contributed by atoms with Gasteiger partial charge < -0.3 is 15.5 Å². The van der Waals surface area contributed by atoms with Crippen LogP contribution in [-0.4, -0.2) is 32.0 Å². The van der Waals surface area contributed by atoms with E-state index in [1.54, 1.807) is 35.6 Å². The van der Waals surface area contributed by atoms with E-state index in [0.29, 0.717) is 24.3 Å². The van der Waals surface area contributed by atoms with Crippen LogP contribution < -0.4 is 15.5 Å². The topological polar surface area (TPSA) is 62.6 Å². The Kier molecular flexibility index (Phi) is 6.96. The molecule has 1 unspecified atom stereocenters. The van der Waals surface area contributed by atoms with E-state index in [0.717, 1.165) is 15.2 Å². The van der Waals surface area contributed by atoms with Gasteiger partial charge in [0.15, 0.2) is 6.54 Å². The number of hydrogen-bond acceptors (Lipinski definition) is 3. The second-order valence-corrected chi connectivity index (χ2v) is 8.05. The molecule has 1 atom stereocenters. The highest BCUT2D eigenvalue weighted by Gasteiger charge is 2.13. The lowest BCUT2D eigenvalue weighted by Gasteiger charge is -2.13. The molecule has 0 bridgehead atoms. The first-order valence-corrected chi connectivity index (χ1v) is 9.32. The Balaban J connectivity index is 1.89. The van der Waals surface area contributed by atoms with Crippen molar-refractivity contribution in [3.63, 3.8) is 0 Å². The molecule has 0 fully saturated rings. The molecule has 1 heterocycles. The van der Waals surface area contributed by atoms with E-state index >= 15 is 0 Å². The summed E-state index contributed by atoms with van der Waals surface area (Å²) >= 11 is 5.12. The van der Waals surface area contributed by atoms with Crippen LogP contribution >= 0.6 is 27.3 Å². The number of quaternary nitrogens is 1. The molecule has 24 heavy (non-hydrogen) atoms. The number of carbonyl (C=O) groups excluding carboxylic acids is 2. The zero-order valence-electron chi connectivity index (χ0n) is 13.7. The minimum atomic E-state index is -0.139. The number of amides is 2. The van der Waals surface area contributed by atoms with Crippen molar-refractivity contribution in [1.29, 1.82) is 0 Å². The van der Waals surface area contributed by atoms with E-state index in [1.807, 2.05) is 20.0 Å². The molecule has 1 aromatic heterocycles. The fourth-order valence-electron chi connectivity index (χ4n) is 2.29. The van der Waals surface area contributed by atoms with Crippen LogP contribution in [0, 0.1) is 0 Å².